The first-order valence-corrected chi connectivity index (χ1v) is 6.83. The predicted molar refractivity (Wildman–Crippen MR) is 82.0 cm³/mol. The zero-order valence-corrected chi connectivity index (χ0v) is 12.6. The molecule has 0 unspecified atom stereocenters. The minimum atomic E-state index is -0.514. The number of allylic oxidation sites excluding steroid dienone is 4. The maximum Gasteiger partial charge on any atom is 0.120 e. The number of benzene rings is 1. The molecule has 0 radical (unpaired) electrons. The molecule has 2 rings (SSSR count). The second-order valence-electron chi connectivity index (χ2n) is 4.26. The Kier molecular flexibility index (Phi) is 5.88. The van der Waals surface area contributed by atoms with Gasteiger partial charge in [0.25, 0.3) is 0 Å². The van der Waals surface area contributed by atoms with Gasteiger partial charge < -0.3 is 14.6 Å². The minimum Gasteiger partial charge on any atom is -0.616 e. The average Bonchev–Trinajstić information content (AvgIpc) is 2.58. The molecule has 116 valence electrons. The van der Waals surface area contributed by atoms with Crippen LogP contribution in [0.25, 0.3) is 0 Å². The number of hydrogen-bond donors (Lipinski definition) is 2. The summed E-state index contributed by atoms with van der Waals surface area (Å²) in [5, 5.41) is 15.7. The van der Waals surface area contributed by atoms with Gasteiger partial charge in [-0.15, -0.1) is 4.94 Å². The van der Waals surface area contributed by atoms with Crippen molar-refractivity contribution in [3.8, 4) is 0 Å². The van der Waals surface area contributed by atoms with Gasteiger partial charge in [0, 0.05) is 5.57 Å². The number of halogens is 1. The maximum absolute atomic E-state index is 11.8. The van der Waals surface area contributed by atoms with Crippen molar-refractivity contribution in [3.63, 3.8) is 0 Å². The van der Waals surface area contributed by atoms with Crippen LogP contribution in [-0.2, 0) is 16.1 Å². The van der Waals surface area contributed by atoms with E-state index in [9.17, 15) is 5.11 Å². The Morgan fingerprint density at radius 1 is 1.27 bits per heavy atom. The van der Waals surface area contributed by atoms with Gasteiger partial charge in [0.1, 0.15) is 12.4 Å². The van der Waals surface area contributed by atoms with Gasteiger partial charge in [0.15, 0.2) is 0 Å². The number of hydrazone groups is 1. The van der Waals surface area contributed by atoms with Crippen LogP contribution in [0.1, 0.15) is 5.56 Å². The van der Waals surface area contributed by atoms with Crippen LogP contribution >= 0.6 is 11.8 Å². The number of nitrogens with zero attached hydrogens (tertiary/aromatic N) is 1. The van der Waals surface area contributed by atoms with Crippen LogP contribution in [0.3, 0.4) is 0 Å². The topological polar surface area (TPSA) is 77.9 Å². The largest absolute Gasteiger partial charge is 0.616 e. The molecule has 0 saturated carbocycles. The van der Waals surface area contributed by atoms with Gasteiger partial charge in [-0.25, -0.2) is 5.53 Å². The molecular formula is C15H15ClN3O3-. The van der Waals surface area contributed by atoms with Crippen molar-refractivity contribution in [2.45, 2.75) is 6.61 Å². The summed E-state index contributed by atoms with van der Waals surface area (Å²) in [7, 11) is 1.30. The van der Waals surface area contributed by atoms with E-state index in [2.05, 4.69) is 15.6 Å². The first-order chi connectivity index (χ1) is 10.7. The van der Waals surface area contributed by atoms with Crippen LogP contribution in [0.4, 0.5) is 0 Å². The summed E-state index contributed by atoms with van der Waals surface area (Å²) >= 11 is 5.27. The summed E-state index contributed by atoms with van der Waals surface area (Å²) < 4.78 is 10.4. The van der Waals surface area contributed by atoms with E-state index in [1.54, 1.807) is 18.2 Å². The average molecular weight is 321 g/mol. The Balaban J connectivity index is 2.13. The van der Waals surface area contributed by atoms with E-state index in [-0.39, 0.29) is 5.57 Å². The highest BCUT2D eigenvalue weighted by atomic mass is 35.5. The number of hydrazine groups is 1. The number of ether oxygens (including phenoxy) is 2. The van der Waals surface area contributed by atoms with Crippen LogP contribution in [0.15, 0.2) is 70.9 Å². The molecule has 0 amide bonds. The molecule has 22 heavy (non-hydrogen) atoms. The van der Waals surface area contributed by atoms with Crippen molar-refractivity contribution >= 4 is 17.5 Å². The summed E-state index contributed by atoms with van der Waals surface area (Å²) in [6.07, 6.45) is 4.92. The molecule has 6 nitrogen and oxygen atoms in total. The number of nitrogens with one attached hydrogen (secondary N) is 2. The van der Waals surface area contributed by atoms with E-state index >= 15 is 0 Å². The Hall–Kier alpha value is -2.44. The Labute approximate surface area is 133 Å². The van der Waals surface area contributed by atoms with Crippen LogP contribution in [0.2, 0.25) is 0 Å². The lowest BCUT2D eigenvalue weighted by atomic mass is 10.1. The third kappa shape index (κ3) is 4.28. The fraction of sp³-hybridized carbons (Fsp3) is 0.133. The molecule has 2 N–H and O–H groups in total. The minimum absolute atomic E-state index is 0.271. The van der Waals surface area contributed by atoms with E-state index in [0.717, 1.165) is 5.56 Å². The van der Waals surface area contributed by atoms with Crippen molar-refractivity contribution < 1.29 is 14.6 Å². The fourth-order valence-electron chi connectivity index (χ4n) is 1.80. The highest BCUT2D eigenvalue weighted by Gasteiger charge is 2.12. The Morgan fingerprint density at radius 2 is 2.05 bits per heavy atom. The van der Waals surface area contributed by atoms with Gasteiger partial charge in [-0.05, 0) is 42.7 Å². The molecule has 1 aromatic carbocycles. The van der Waals surface area contributed by atoms with E-state index < -0.39 is 5.95 Å². The van der Waals surface area contributed by atoms with Crippen molar-refractivity contribution in [1.82, 2.24) is 10.5 Å². The maximum atomic E-state index is 11.8. The highest BCUT2D eigenvalue weighted by molar-refractivity contribution is 6.13. The predicted octanol–water partition coefficient (Wildman–Crippen LogP) is 1.48. The quantitative estimate of drug-likeness (QED) is 0.471. The first kappa shape index (κ1) is 15.9. The lowest BCUT2D eigenvalue weighted by molar-refractivity contribution is -0.354. The molecule has 7 heteroatoms. The standard InChI is InChI=1S/C15H16ClN3O3/c1-21-15(20)13-9-12(7-8-14(13)17-19-18-16)22-10-11-5-3-2-4-6-11/h2-9,18-20H,10H2,1H3/p-1/b15-13-,17-14?. The monoisotopic (exact) mass is 320 g/mol. The zero-order valence-electron chi connectivity index (χ0n) is 11.9. The molecule has 1 aliphatic rings. The van der Waals surface area contributed by atoms with Gasteiger partial charge in [0.05, 0.1) is 11.7 Å². The number of rotatable bonds is 6. The first-order valence-electron chi connectivity index (χ1n) is 6.45. The molecule has 1 aromatic rings. The van der Waals surface area contributed by atoms with Gasteiger partial charge in [0.2, 0.25) is 0 Å². The summed E-state index contributed by atoms with van der Waals surface area (Å²) in [5.74, 6) is 0.0299. The van der Waals surface area contributed by atoms with E-state index in [0.29, 0.717) is 18.1 Å². The molecule has 0 saturated heterocycles. The lowest BCUT2D eigenvalue weighted by Gasteiger charge is -2.18. The summed E-state index contributed by atoms with van der Waals surface area (Å²) in [4.78, 5) is 2.13. The molecule has 0 aromatic heterocycles. The number of hydrogen-bond acceptors (Lipinski definition) is 6. The molecular weight excluding hydrogens is 306 g/mol. The van der Waals surface area contributed by atoms with Crippen LogP contribution < -0.4 is 15.6 Å². The molecule has 0 bridgehead atoms. The normalized spacial score (nSPS) is 17.9. The molecule has 0 fully saturated rings. The van der Waals surface area contributed by atoms with Crippen LogP contribution in [0.5, 0.6) is 0 Å². The number of methoxy groups -OCH3 is 1. The molecule has 0 aliphatic heterocycles. The van der Waals surface area contributed by atoms with Crippen molar-refractivity contribution in [2.24, 2.45) is 5.10 Å². The summed E-state index contributed by atoms with van der Waals surface area (Å²) in [5.41, 5.74) is 4.04. The van der Waals surface area contributed by atoms with Crippen molar-refractivity contribution in [1.29, 1.82) is 0 Å². The molecule has 0 heterocycles. The van der Waals surface area contributed by atoms with E-state index in [1.165, 1.54) is 7.11 Å². The second-order valence-corrected chi connectivity index (χ2v) is 4.45. The Morgan fingerprint density at radius 3 is 2.73 bits per heavy atom. The summed E-state index contributed by atoms with van der Waals surface area (Å²) in [6.45, 7) is 0.402. The van der Waals surface area contributed by atoms with Crippen molar-refractivity contribution in [2.75, 3.05) is 7.11 Å². The van der Waals surface area contributed by atoms with Gasteiger partial charge in [-0.2, -0.15) is 5.10 Å². The fourth-order valence-corrected chi connectivity index (χ4v) is 1.84. The van der Waals surface area contributed by atoms with Gasteiger partial charge in [-0.1, -0.05) is 30.3 Å². The van der Waals surface area contributed by atoms with Crippen LogP contribution in [0, 0.1) is 0 Å². The van der Waals surface area contributed by atoms with Gasteiger partial charge in [-0.3, -0.25) is 0 Å². The molecule has 1 aliphatic carbocycles. The third-order valence-electron chi connectivity index (χ3n) is 2.84. The second kappa shape index (κ2) is 8.11. The summed E-state index contributed by atoms with van der Waals surface area (Å²) in [6, 6.07) is 9.73. The van der Waals surface area contributed by atoms with E-state index in [1.807, 2.05) is 30.3 Å². The molecule has 0 atom stereocenters. The zero-order chi connectivity index (χ0) is 15.8. The van der Waals surface area contributed by atoms with Gasteiger partial charge >= 0.3 is 0 Å². The molecule has 0 spiro atoms. The highest BCUT2D eigenvalue weighted by Crippen LogP contribution is 2.18. The Bertz CT molecular complexity index is 624. The van der Waals surface area contributed by atoms with Crippen molar-refractivity contribution in [3.05, 3.63) is 71.4 Å². The third-order valence-corrected chi connectivity index (χ3v) is 2.92. The van der Waals surface area contributed by atoms with E-state index in [4.69, 9.17) is 21.3 Å². The smallest absolute Gasteiger partial charge is 0.120 e. The lowest BCUT2D eigenvalue weighted by Crippen LogP contribution is -2.22. The van der Waals surface area contributed by atoms with Crippen LogP contribution in [-0.4, -0.2) is 12.8 Å². The SMILES string of the molecule is CO/C([O-])=C1/C=C(OCc2ccccc2)C=CC1=NNNCl.